The summed E-state index contributed by atoms with van der Waals surface area (Å²) in [6, 6.07) is 7.77. The molecule has 1 aromatic carbocycles. The maximum atomic E-state index is 9.00. The SMILES string of the molecule is Cl.NC1CCN(Cc2ccc(B(O)O)cc2)CC1. The summed E-state index contributed by atoms with van der Waals surface area (Å²) < 4.78 is 0. The molecule has 4 nitrogen and oxygen atoms in total. The maximum Gasteiger partial charge on any atom is 0.488 e. The van der Waals surface area contributed by atoms with Crippen molar-refractivity contribution in [2.45, 2.75) is 25.4 Å². The van der Waals surface area contributed by atoms with E-state index < -0.39 is 7.12 Å². The molecule has 0 spiro atoms. The van der Waals surface area contributed by atoms with Gasteiger partial charge in [0.2, 0.25) is 0 Å². The molecule has 0 aliphatic carbocycles. The standard InChI is InChI=1S/C12H19BN2O2.ClH/c14-12-5-7-15(8-6-12)9-10-1-3-11(4-2-10)13(16)17;/h1-4,12,16-17H,5-9,14H2;1H. The quantitative estimate of drug-likeness (QED) is 0.660. The largest absolute Gasteiger partial charge is 0.488 e. The van der Waals surface area contributed by atoms with E-state index in [0.29, 0.717) is 11.5 Å². The molecule has 0 saturated carbocycles. The normalized spacial score (nSPS) is 17.3. The second-order valence-electron chi connectivity index (χ2n) is 4.73. The monoisotopic (exact) mass is 270 g/mol. The highest BCUT2D eigenvalue weighted by atomic mass is 35.5. The molecule has 6 heteroatoms. The van der Waals surface area contributed by atoms with Crippen molar-refractivity contribution in [3.8, 4) is 0 Å². The molecule has 0 atom stereocenters. The molecule has 1 aliphatic heterocycles. The number of halogens is 1. The molecule has 0 radical (unpaired) electrons. The van der Waals surface area contributed by atoms with E-state index in [-0.39, 0.29) is 12.4 Å². The Morgan fingerprint density at radius 2 is 1.72 bits per heavy atom. The minimum atomic E-state index is -1.38. The first kappa shape index (κ1) is 15.5. The number of hydrogen-bond acceptors (Lipinski definition) is 4. The van der Waals surface area contributed by atoms with Gasteiger partial charge in [0.1, 0.15) is 0 Å². The van der Waals surface area contributed by atoms with E-state index in [0.717, 1.165) is 32.5 Å². The van der Waals surface area contributed by atoms with Gasteiger partial charge in [-0.3, -0.25) is 4.90 Å². The van der Waals surface area contributed by atoms with Gasteiger partial charge < -0.3 is 15.8 Å². The first-order valence-electron chi connectivity index (χ1n) is 6.08. The van der Waals surface area contributed by atoms with Crippen LogP contribution in [0.5, 0.6) is 0 Å². The van der Waals surface area contributed by atoms with Crippen molar-refractivity contribution in [1.29, 1.82) is 0 Å². The number of benzene rings is 1. The van der Waals surface area contributed by atoms with E-state index in [1.54, 1.807) is 12.1 Å². The van der Waals surface area contributed by atoms with Gasteiger partial charge in [0, 0.05) is 12.6 Å². The van der Waals surface area contributed by atoms with Gasteiger partial charge in [-0.15, -0.1) is 12.4 Å². The lowest BCUT2D eigenvalue weighted by Gasteiger charge is -2.30. The zero-order valence-corrected chi connectivity index (χ0v) is 11.1. The highest BCUT2D eigenvalue weighted by molar-refractivity contribution is 6.58. The number of piperidine rings is 1. The number of nitrogens with two attached hydrogens (primary N) is 1. The van der Waals surface area contributed by atoms with E-state index in [1.807, 2.05) is 12.1 Å². The molecule has 100 valence electrons. The molecule has 1 aliphatic rings. The van der Waals surface area contributed by atoms with Gasteiger partial charge in [0.25, 0.3) is 0 Å². The van der Waals surface area contributed by atoms with Gasteiger partial charge >= 0.3 is 7.12 Å². The van der Waals surface area contributed by atoms with Crippen LogP contribution in [0.4, 0.5) is 0 Å². The van der Waals surface area contributed by atoms with Crippen molar-refractivity contribution >= 4 is 25.0 Å². The third-order valence-electron chi connectivity index (χ3n) is 3.32. The second-order valence-corrected chi connectivity index (χ2v) is 4.73. The van der Waals surface area contributed by atoms with Crippen LogP contribution >= 0.6 is 12.4 Å². The number of hydrogen-bond donors (Lipinski definition) is 3. The molecule has 4 N–H and O–H groups in total. The zero-order valence-electron chi connectivity index (χ0n) is 10.3. The average molecular weight is 271 g/mol. The van der Waals surface area contributed by atoms with E-state index in [9.17, 15) is 0 Å². The molecule has 1 fully saturated rings. The summed E-state index contributed by atoms with van der Waals surface area (Å²) in [6.45, 7) is 3.01. The third kappa shape index (κ3) is 4.26. The average Bonchev–Trinajstić information content (AvgIpc) is 2.33. The van der Waals surface area contributed by atoms with Gasteiger partial charge in [-0.05, 0) is 37.0 Å². The van der Waals surface area contributed by atoms with Crippen LogP contribution in [-0.4, -0.2) is 41.2 Å². The second kappa shape index (κ2) is 7.11. The van der Waals surface area contributed by atoms with Crippen molar-refractivity contribution < 1.29 is 10.0 Å². The Kier molecular flexibility index (Phi) is 6.12. The van der Waals surface area contributed by atoms with Crippen molar-refractivity contribution in [3.05, 3.63) is 29.8 Å². The topological polar surface area (TPSA) is 69.7 Å². The highest BCUT2D eigenvalue weighted by Gasteiger charge is 2.16. The van der Waals surface area contributed by atoms with E-state index in [2.05, 4.69) is 4.90 Å². The first-order chi connectivity index (χ1) is 8.15. The van der Waals surface area contributed by atoms with Crippen LogP contribution in [0.25, 0.3) is 0 Å². The fourth-order valence-electron chi connectivity index (χ4n) is 2.16. The van der Waals surface area contributed by atoms with Crippen LogP contribution in [0.1, 0.15) is 18.4 Å². The summed E-state index contributed by atoms with van der Waals surface area (Å²) >= 11 is 0. The Hall–Kier alpha value is -0.585. The highest BCUT2D eigenvalue weighted by Crippen LogP contribution is 2.11. The summed E-state index contributed by atoms with van der Waals surface area (Å²) in [5.74, 6) is 0. The van der Waals surface area contributed by atoms with E-state index in [4.69, 9.17) is 15.8 Å². The maximum absolute atomic E-state index is 9.00. The third-order valence-corrected chi connectivity index (χ3v) is 3.32. The number of nitrogens with zero attached hydrogens (tertiary/aromatic N) is 1. The summed E-state index contributed by atoms with van der Waals surface area (Å²) in [5.41, 5.74) is 7.60. The molecular formula is C12H20BClN2O2. The fraction of sp³-hybridized carbons (Fsp3) is 0.500. The van der Waals surface area contributed by atoms with Gasteiger partial charge in [-0.2, -0.15) is 0 Å². The summed E-state index contributed by atoms with van der Waals surface area (Å²) in [4.78, 5) is 2.38. The predicted molar refractivity (Wildman–Crippen MR) is 76.0 cm³/mol. The van der Waals surface area contributed by atoms with Crippen LogP contribution in [0.3, 0.4) is 0 Å². The van der Waals surface area contributed by atoms with Gasteiger partial charge in [0.15, 0.2) is 0 Å². The fourth-order valence-corrected chi connectivity index (χ4v) is 2.16. The van der Waals surface area contributed by atoms with Crippen LogP contribution < -0.4 is 11.2 Å². The summed E-state index contributed by atoms with van der Waals surface area (Å²) in [5, 5.41) is 18.0. The van der Waals surface area contributed by atoms with Crippen LogP contribution in [0, 0.1) is 0 Å². The molecule has 2 rings (SSSR count). The Labute approximate surface area is 114 Å². The van der Waals surface area contributed by atoms with Crippen LogP contribution in [0.2, 0.25) is 0 Å². The summed E-state index contributed by atoms with van der Waals surface area (Å²) in [6.07, 6.45) is 2.13. The Morgan fingerprint density at radius 1 is 1.17 bits per heavy atom. The van der Waals surface area contributed by atoms with Gasteiger partial charge in [-0.25, -0.2) is 0 Å². The Morgan fingerprint density at radius 3 is 2.22 bits per heavy atom. The summed E-state index contributed by atoms with van der Waals surface area (Å²) in [7, 11) is -1.38. The molecule has 0 bridgehead atoms. The first-order valence-corrected chi connectivity index (χ1v) is 6.08. The molecule has 0 amide bonds. The minimum absolute atomic E-state index is 0. The lowest BCUT2D eigenvalue weighted by Crippen LogP contribution is -2.39. The van der Waals surface area contributed by atoms with E-state index >= 15 is 0 Å². The van der Waals surface area contributed by atoms with Crippen molar-refractivity contribution in [2.24, 2.45) is 5.73 Å². The van der Waals surface area contributed by atoms with Gasteiger partial charge in [-0.1, -0.05) is 24.3 Å². The Balaban J connectivity index is 0.00000162. The van der Waals surface area contributed by atoms with E-state index in [1.165, 1.54) is 5.56 Å². The zero-order chi connectivity index (χ0) is 12.3. The van der Waals surface area contributed by atoms with Crippen LogP contribution in [0.15, 0.2) is 24.3 Å². The van der Waals surface area contributed by atoms with Gasteiger partial charge in [0.05, 0.1) is 0 Å². The molecular weight excluding hydrogens is 250 g/mol. The lowest BCUT2D eigenvalue weighted by atomic mass is 9.80. The van der Waals surface area contributed by atoms with Crippen molar-refractivity contribution in [1.82, 2.24) is 4.90 Å². The molecule has 0 aromatic heterocycles. The molecule has 1 aromatic rings. The molecule has 1 heterocycles. The lowest BCUT2D eigenvalue weighted by molar-refractivity contribution is 0.205. The van der Waals surface area contributed by atoms with Crippen molar-refractivity contribution in [3.63, 3.8) is 0 Å². The Bertz CT molecular complexity index is 354. The molecule has 1 saturated heterocycles. The number of rotatable bonds is 3. The predicted octanol–water partition coefficient (Wildman–Crippen LogP) is -0.289. The van der Waals surface area contributed by atoms with Crippen LogP contribution in [-0.2, 0) is 6.54 Å². The van der Waals surface area contributed by atoms with Crippen molar-refractivity contribution in [2.75, 3.05) is 13.1 Å². The smallest absolute Gasteiger partial charge is 0.423 e. The number of likely N-dealkylation sites (tertiary alicyclic amines) is 1. The molecule has 18 heavy (non-hydrogen) atoms. The minimum Gasteiger partial charge on any atom is -0.423 e. The molecule has 0 unspecified atom stereocenters.